The monoisotopic (exact) mass is 415 g/mol. The third kappa shape index (κ3) is 4.35. The summed E-state index contributed by atoms with van der Waals surface area (Å²) in [6, 6.07) is 11.8. The van der Waals surface area contributed by atoms with Crippen LogP contribution in [-0.4, -0.2) is 41.9 Å². The van der Waals surface area contributed by atoms with E-state index in [-0.39, 0.29) is 6.42 Å². The molecule has 4 amide bonds. The van der Waals surface area contributed by atoms with Crippen molar-refractivity contribution in [1.29, 1.82) is 0 Å². The Morgan fingerprint density at radius 3 is 2.69 bits per heavy atom. The highest BCUT2D eigenvalue weighted by Gasteiger charge is 2.48. The number of carbonyl (C=O) groups excluding carboxylic acids is 3. The molecule has 0 radical (unpaired) electrons. The summed E-state index contributed by atoms with van der Waals surface area (Å²) in [6.07, 6.45) is 0.243. The average Bonchev–Trinajstić information content (AvgIpc) is 2.88. The summed E-state index contributed by atoms with van der Waals surface area (Å²) < 4.78 is 5.33. The number of rotatable bonds is 6. The Kier molecular flexibility index (Phi) is 5.79. The first-order valence-electron chi connectivity index (χ1n) is 9.05. The molecule has 1 saturated heterocycles. The lowest BCUT2D eigenvalue weighted by Crippen LogP contribution is -2.46. The minimum atomic E-state index is -1.17. The van der Waals surface area contributed by atoms with Crippen LogP contribution in [0.3, 0.4) is 0 Å². The van der Waals surface area contributed by atoms with Crippen LogP contribution in [0.1, 0.15) is 18.1 Å². The van der Waals surface area contributed by atoms with Crippen LogP contribution in [0.4, 0.5) is 10.5 Å². The Labute approximate surface area is 174 Å². The predicted molar refractivity (Wildman–Crippen MR) is 110 cm³/mol. The van der Waals surface area contributed by atoms with Crippen LogP contribution in [0.25, 0.3) is 0 Å². The maximum Gasteiger partial charge on any atom is 0.325 e. The van der Waals surface area contributed by atoms with Crippen LogP contribution in [0.15, 0.2) is 42.5 Å². The molecule has 1 aliphatic rings. The van der Waals surface area contributed by atoms with Crippen molar-refractivity contribution in [2.75, 3.05) is 19.0 Å². The van der Waals surface area contributed by atoms with Crippen molar-refractivity contribution in [1.82, 2.24) is 10.2 Å². The van der Waals surface area contributed by atoms with Gasteiger partial charge in [0.2, 0.25) is 5.91 Å². The first-order chi connectivity index (χ1) is 13.7. The summed E-state index contributed by atoms with van der Waals surface area (Å²) >= 11 is 5.97. The first-order valence-corrected chi connectivity index (χ1v) is 9.43. The van der Waals surface area contributed by atoms with E-state index in [2.05, 4.69) is 10.6 Å². The van der Waals surface area contributed by atoms with Gasteiger partial charge in [-0.15, -0.1) is 0 Å². The highest BCUT2D eigenvalue weighted by atomic mass is 35.5. The number of anilines is 1. The standard InChI is InChI=1S/C21H22ClN3O4/c1-13-8-9-15(22)10-16(13)23-18(26)12-25-19(27)21(2,24-20(25)28)11-14-6-4-5-7-17(14)29-3/h4-10H,11-12H2,1-3H3,(H,23,26)(H,24,28)/t21-/m1/s1. The zero-order valence-electron chi connectivity index (χ0n) is 16.4. The topological polar surface area (TPSA) is 87.7 Å². The molecule has 0 saturated carbocycles. The number of halogens is 1. The number of para-hydroxylation sites is 1. The Morgan fingerprint density at radius 2 is 1.97 bits per heavy atom. The minimum Gasteiger partial charge on any atom is -0.496 e. The molecule has 152 valence electrons. The maximum absolute atomic E-state index is 13.0. The molecule has 0 bridgehead atoms. The van der Waals surface area contributed by atoms with Crippen molar-refractivity contribution in [3.8, 4) is 5.75 Å². The van der Waals surface area contributed by atoms with E-state index < -0.39 is 29.9 Å². The fraction of sp³-hybridized carbons (Fsp3) is 0.286. The Balaban J connectivity index is 1.73. The molecule has 1 fully saturated rings. The van der Waals surface area contributed by atoms with E-state index in [4.69, 9.17) is 16.3 Å². The maximum atomic E-state index is 13.0. The van der Waals surface area contributed by atoms with E-state index in [0.717, 1.165) is 16.0 Å². The van der Waals surface area contributed by atoms with Crippen LogP contribution < -0.4 is 15.4 Å². The SMILES string of the molecule is COc1ccccc1C[C@@]1(C)NC(=O)N(CC(=O)Nc2cc(Cl)ccc2C)C1=O. The second kappa shape index (κ2) is 8.13. The Bertz CT molecular complexity index is 978. The van der Waals surface area contributed by atoms with Crippen LogP contribution in [-0.2, 0) is 16.0 Å². The van der Waals surface area contributed by atoms with Gasteiger partial charge in [0, 0.05) is 17.1 Å². The van der Waals surface area contributed by atoms with Crippen molar-refractivity contribution in [3.05, 3.63) is 58.6 Å². The third-order valence-corrected chi connectivity index (χ3v) is 5.09. The number of benzene rings is 2. The van der Waals surface area contributed by atoms with Gasteiger partial charge in [-0.3, -0.25) is 14.5 Å². The van der Waals surface area contributed by atoms with E-state index in [9.17, 15) is 14.4 Å². The van der Waals surface area contributed by atoms with Gasteiger partial charge in [0.1, 0.15) is 17.8 Å². The van der Waals surface area contributed by atoms with Crippen LogP contribution in [0.2, 0.25) is 5.02 Å². The van der Waals surface area contributed by atoms with Gasteiger partial charge in [-0.2, -0.15) is 0 Å². The van der Waals surface area contributed by atoms with E-state index in [1.165, 1.54) is 0 Å². The molecular formula is C21H22ClN3O4. The number of nitrogens with one attached hydrogen (secondary N) is 2. The second-order valence-corrected chi connectivity index (χ2v) is 7.59. The van der Waals surface area contributed by atoms with E-state index in [1.807, 2.05) is 25.1 Å². The van der Waals surface area contributed by atoms with Crippen molar-refractivity contribution in [2.24, 2.45) is 0 Å². The molecule has 0 aliphatic carbocycles. The van der Waals surface area contributed by atoms with Crippen LogP contribution >= 0.6 is 11.6 Å². The molecule has 8 heteroatoms. The molecule has 2 aromatic carbocycles. The molecule has 1 atom stereocenters. The molecule has 0 unspecified atom stereocenters. The lowest BCUT2D eigenvalue weighted by atomic mass is 9.92. The summed E-state index contributed by atoms with van der Waals surface area (Å²) in [5.41, 5.74) is 0.970. The molecule has 1 heterocycles. The summed E-state index contributed by atoms with van der Waals surface area (Å²) in [4.78, 5) is 38.7. The minimum absolute atomic E-state index is 0.243. The van der Waals surface area contributed by atoms with Gasteiger partial charge >= 0.3 is 6.03 Å². The van der Waals surface area contributed by atoms with Gasteiger partial charge in [-0.05, 0) is 43.2 Å². The number of hydrogen-bond donors (Lipinski definition) is 2. The number of hydrogen-bond acceptors (Lipinski definition) is 4. The van der Waals surface area contributed by atoms with Gasteiger partial charge < -0.3 is 15.4 Å². The molecule has 0 aromatic heterocycles. The number of nitrogens with zero attached hydrogens (tertiary/aromatic N) is 1. The highest BCUT2D eigenvalue weighted by molar-refractivity contribution is 6.31. The van der Waals surface area contributed by atoms with Gasteiger partial charge in [-0.25, -0.2) is 4.79 Å². The molecule has 7 nitrogen and oxygen atoms in total. The average molecular weight is 416 g/mol. The van der Waals surface area contributed by atoms with Crippen molar-refractivity contribution in [2.45, 2.75) is 25.8 Å². The van der Waals surface area contributed by atoms with Crippen molar-refractivity contribution < 1.29 is 19.1 Å². The number of imide groups is 1. The molecule has 2 aromatic rings. The third-order valence-electron chi connectivity index (χ3n) is 4.86. The highest BCUT2D eigenvalue weighted by Crippen LogP contribution is 2.27. The first kappa shape index (κ1) is 20.7. The van der Waals surface area contributed by atoms with E-state index >= 15 is 0 Å². The zero-order chi connectivity index (χ0) is 21.2. The van der Waals surface area contributed by atoms with Crippen molar-refractivity contribution in [3.63, 3.8) is 0 Å². The van der Waals surface area contributed by atoms with Crippen molar-refractivity contribution >= 4 is 35.1 Å². The second-order valence-electron chi connectivity index (χ2n) is 7.15. The summed E-state index contributed by atoms with van der Waals surface area (Å²) in [7, 11) is 1.55. The van der Waals surface area contributed by atoms with Gasteiger partial charge in [0.25, 0.3) is 5.91 Å². The molecule has 1 aliphatic heterocycles. The van der Waals surface area contributed by atoms with Gasteiger partial charge in [0.15, 0.2) is 0 Å². The lowest BCUT2D eigenvalue weighted by Gasteiger charge is -2.22. The summed E-state index contributed by atoms with van der Waals surface area (Å²) in [5.74, 6) is -0.324. The lowest BCUT2D eigenvalue weighted by molar-refractivity contribution is -0.133. The summed E-state index contributed by atoms with van der Waals surface area (Å²) in [5, 5.41) is 5.87. The predicted octanol–water partition coefficient (Wildman–Crippen LogP) is 3.15. The smallest absolute Gasteiger partial charge is 0.325 e. The summed E-state index contributed by atoms with van der Waals surface area (Å²) in [6.45, 7) is 3.07. The number of amides is 4. The molecule has 0 spiro atoms. The van der Waals surface area contributed by atoms with E-state index in [0.29, 0.717) is 16.5 Å². The number of aryl methyl sites for hydroxylation is 1. The van der Waals surface area contributed by atoms with Crippen LogP contribution in [0, 0.1) is 6.92 Å². The van der Waals surface area contributed by atoms with E-state index in [1.54, 1.807) is 38.3 Å². The Hall–Kier alpha value is -3.06. The molecule has 29 heavy (non-hydrogen) atoms. The van der Waals surface area contributed by atoms with Crippen LogP contribution in [0.5, 0.6) is 5.75 Å². The number of carbonyl (C=O) groups is 3. The largest absolute Gasteiger partial charge is 0.496 e. The zero-order valence-corrected chi connectivity index (χ0v) is 17.2. The normalized spacial score (nSPS) is 18.6. The van der Waals surface area contributed by atoms with Gasteiger partial charge in [0.05, 0.1) is 7.11 Å². The molecule has 2 N–H and O–H groups in total. The molecule has 3 rings (SSSR count). The quantitative estimate of drug-likeness (QED) is 0.709. The molecular weight excluding hydrogens is 394 g/mol. The number of ether oxygens (including phenoxy) is 1. The fourth-order valence-corrected chi connectivity index (χ4v) is 3.47. The van der Waals surface area contributed by atoms with Gasteiger partial charge in [-0.1, -0.05) is 35.9 Å². The Morgan fingerprint density at radius 1 is 1.24 bits per heavy atom. The fourth-order valence-electron chi connectivity index (χ4n) is 3.30. The number of methoxy groups -OCH3 is 1. The number of urea groups is 1.